The first-order chi connectivity index (χ1) is 15.6. The molecule has 0 fully saturated rings. The van der Waals surface area contributed by atoms with E-state index in [9.17, 15) is 9.18 Å². The molecule has 0 aliphatic carbocycles. The standard InChI is InChI=1S/C22H16BrFN4OS3/c23-17-8-9-19(24)16(10-17)11-25-26-20(29)13-31-22-28-27-21(32-22)30-12-15-6-3-5-14-4-1-2-7-18(14)15/h1-11H,12-13H2,(H,26,29)/b25-11-. The van der Waals surface area contributed by atoms with E-state index in [4.69, 9.17) is 0 Å². The van der Waals surface area contributed by atoms with Crippen molar-refractivity contribution in [3.63, 3.8) is 0 Å². The lowest BCUT2D eigenvalue weighted by molar-refractivity contribution is -0.118. The first-order valence-electron chi connectivity index (χ1n) is 9.41. The zero-order valence-electron chi connectivity index (χ0n) is 16.5. The molecule has 10 heteroatoms. The van der Waals surface area contributed by atoms with Crippen LogP contribution in [0.2, 0.25) is 0 Å². The predicted octanol–water partition coefficient (Wildman–Crippen LogP) is 6.13. The highest BCUT2D eigenvalue weighted by Crippen LogP contribution is 2.32. The Hall–Kier alpha value is -2.27. The van der Waals surface area contributed by atoms with Crippen LogP contribution in [0.4, 0.5) is 4.39 Å². The largest absolute Gasteiger partial charge is 0.272 e. The maximum Gasteiger partial charge on any atom is 0.250 e. The Bertz CT molecular complexity index is 1280. The molecule has 3 aromatic carbocycles. The minimum Gasteiger partial charge on any atom is -0.272 e. The van der Waals surface area contributed by atoms with E-state index in [2.05, 4.69) is 67.0 Å². The highest BCUT2D eigenvalue weighted by Gasteiger charge is 2.10. The zero-order chi connectivity index (χ0) is 22.3. The molecule has 1 heterocycles. The van der Waals surface area contributed by atoms with E-state index in [1.807, 2.05) is 12.1 Å². The number of carbonyl (C=O) groups is 1. The van der Waals surface area contributed by atoms with Crippen LogP contribution in [0.25, 0.3) is 10.8 Å². The summed E-state index contributed by atoms with van der Waals surface area (Å²) in [4.78, 5) is 12.0. The lowest BCUT2D eigenvalue weighted by Crippen LogP contribution is -2.19. The van der Waals surface area contributed by atoms with Crippen LogP contribution in [0.1, 0.15) is 11.1 Å². The first kappa shape index (κ1) is 22.9. The molecule has 0 saturated heterocycles. The molecule has 4 aromatic rings. The number of amides is 1. The van der Waals surface area contributed by atoms with Crippen LogP contribution in [0.5, 0.6) is 0 Å². The molecule has 0 saturated carbocycles. The fourth-order valence-corrected chi connectivity index (χ4v) is 6.01. The zero-order valence-corrected chi connectivity index (χ0v) is 20.5. The molecule has 0 atom stereocenters. The Morgan fingerprint density at radius 1 is 1.09 bits per heavy atom. The number of hydrogen-bond acceptors (Lipinski definition) is 7. The van der Waals surface area contributed by atoms with Crippen LogP contribution in [0.15, 0.2) is 78.9 Å². The van der Waals surface area contributed by atoms with E-state index >= 15 is 0 Å². The summed E-state index contributed by atoms with van der Waals surface area (Å²) in [5, 5.41) is 14.6. The molecule has 4 rings (SSSR count). The fourth-order valence-electron chi connectivity index (χ4n) is 2.82. The van der Waals surface area contributed by atoms with Crippen molar-refractivity contribution in [2.45, 2.75) is 14.4 Å². The number of fused-ring (bicyclic) bond motifs is 1. The van der Waals surface area contributed by atoms with Gasteiger partial charge < -0.3 is 0 Å². The Labute approximate surface area is 205 Å². The Morgan fingerprint density at radius 3 is 2.75 bits per heavy atom. The smallest absolute Gasteiger partial charge is 0.250 e. The molecule has 0 aliphatic heterocycles. The third-order valence-electron chi connectivity index (χ3n) is 4.30. The fraction of sp³-hybridized carbons (Fsp3) is 0.0909. The van der Waals surface area contributed by atoms with E-state index in [0.29, 0.717) is 4.34 Å². The monoisotopic (exact) mass is 546 g/mol. The number of nitrogens with one attached hydrogen (secondary N) is 1. The van der Waals surface area contributed by atoms with Crippen molar-refractivity contribution in [1.82, 2.24) is 15.6 Å². The minimum atomic E-state index is -0.414. The summed E-state index contributed by atoms with van der Waals surface area (Å²) in [5.74, 6) is 0.216. The Balaban J connectivity index is 1.26. The number of nitrogens with zero attached hydrogens (tertiary/aromatic N) is 3. The van der Waals surface area contributed by atoms with Crippen LogP contribution in [-0.2, 0) is 10.5 Å². The van der Waals surface area contributed by atoms with Crippen LogP contribution in [0.3, 0.4) is 0 Å². The lowest BCUT2D eigenvalue weighted by Gasteiger charge is -2.04. The van der Waals surface area contributed by atoms with E-state index in [1.165, 1.54) is 51.7 Å². The summed E-state index contributed by atoms with van der Waals surface area (Å²) >= 11 is 7.64. The van der Waals surface area contributed by atoms with Gasteiger partial charge in [-0.05, 0) is 34.5 Å². The third-order valence-corrected chi connectivity index (χ3v) is 8.03. The summed E-state index contributed by atoms with van der Waals surface area (Å²) in [5.41, 5.74) is 3.93. The van der Waals surface area contributed by atoms with E-state index in [0.717, 1.165) is 14.6 Å². The van der Waals surface area contributed by atoms with Gasteiger partial charge in [0.05, 0.1) is 12.0 Å². The normalized spacial score (nSPS) is 11.3. The van der Waals surface area contributed by atoms with Gasteiger partial charge in [0.15, 0.2) is 8.68 Å². The average molecular weight is 548 g/mol. The second-order valence-corrected chi connectivity index (χ2v) is 10.8. The highest BCUT2D eigenvalue weighted by atomic mass is 79.9. The van der Waals surface area contributed by atoms with Crippen LogP contribution in [0, 0.1) is 5.82 Å². The van der Waals surface area contributed by atoms with Crippen molar-refractivity contribution < 1.29 is 9.18 Å². The number of benzene rings is 3. The van der Waals surface area contributed by atoms with Crippen LogP contribution in [-0.4, -0.2) is 28.1 Å². The van der Waals surface area contributed by atoms with E-state index in [1.54, 1.807) is 23.9 Å². The maximum atomic E-state index is 13.7. The molecule has 1 aromatic heterocycles. The summed E-state index contributed by atoms with van der Waals surface area (Å²) in [7, 11) is 0. The molecule has 0 aliphatic rings. The lowest BCUT2D eigenvalue weighted by atomic mass is 10.1. The number of carbonyl (C=O) groups excluding carboxylic acids is 1. The molecule has 1 N–H and O–H groups in total. The molecule has 0 bridgehead atoms. The molecule has 32 heavy (non-hydrogen) atoms. The summed E-state index contributed by atoms with van der Waals surface area (Å²) in [6.07, 6.45) is 1.27. The number of rotatable bonds is 8. The minimum absolute atomic E-state index is 0.140. The van der Waals surface area contributed by atoms with Crippen molar-refractivity contribution in [2.75, 3.05) is 5.75 Å². The third kappa shape index (κ3) is 6.16. The van der Waals surface area contributed by atoms with Crippen molar-refractivity contribution >= 4 is 73.7 Å². The molecular weight excluding hydrogens is 531 g/mol. The van der Waals surface area contributed by atoms with Gasteiger partial charge in [-0.2, -0.15) is 5.10 Å². The first-order valence-corrected chi connectivity index (χ1v) is 13.0. The van der Waals surface area contributed by atoms with Crippen LogP contribution < -0.4 is 5.43 Å². The molecule has 0 unspecified atom stereocenters. The molecule has 5 nitrogen and oxygen atoms in total. The Kier molecular flexibility index (Phi) is 7.90. The number of hydrazone groups is 1. The second-order valence-electron chi connectivity index (χ2n) is 6.51. The number of aromatic nitrogens is 2. The average Bonchev–Trinajstić information content (AvgIpc) is 3.26. The van der Waals surface area contributed by atoms with Crippen molar-refractivity contribution in [2.24, 2.45) is 5.10 Å². The molecule has 1 amide bonds. The van der Waals surface area contributed by atoms with Crippen molar-refractivity contribution in [3.8, 4) is 0 Å². The molecular formula is C22H16BrFN4OS3. The Morgan fingerprint density at radius 2 is 1.88 bits per heavy atom. The molecule has 0 radical (unpaired) electrons. The van der Waals surface area contributed by atoms with E-state index < -0.39 is 5.82 Å². The van der Waals surface area contributed by atoms with Gasteiger partial charge in [0.2, 0.25) is 0 Å². The van der Waals surface area contributed by atoms with E-state index in [-0.39, 0.29) is 17.2 Å². The number of halogens is 2. The number of hydrogen-bond donors (Lipinski definition) is 1. The van der Waals surface area contributed by atoms with Gasteiger partial charge in [-0.3, -0.25) is 4.79 Å². The topological polar surface area (TPSA) is 67.2 Å². The van der Waals surface area contributed by atoms with Gasteiger partial charge in [-0.15, -0.1) is 10.2 Å². The van der Waals surface area contributed by atoms with Crippen molar-refractivity contribution in [3.05, 3.63) is 82.1 Å². The van der Waals surface area contributed by atoms with Gasteiger partial charge in [0, 0.05) is 15.8 Å². The second kappa shape index (κ2) is 11.0. The SMILES string of the molecule is O=C(CSc1nnc(SCc2cccc3ccccc23)s1)N/N=C\c1cc(Br)ccc1F. The van der Waals surface area contributed by atoms with Gasteiger partial charge >= 0.3 is 0 Å². The summed E-state index contributed by atoms with van der Waals surface area (Å²) < 4.78 is 16.0. The molecule has 0 spiro atoms. The number of thioether (sulfide) groups is 2. The van der Waals surface area contributed by atoms with Gasteiger partial charge in [-0.25, -0.2) is 9.82 Å². The van der Waals surface area contributed by atoms with Gasteiger partial charge in [0.25, 0.3) is 5.91 Å². The summed E-state index contributed by atoms with van der Waals surface area (Å²) in [6, 6.07) is 19.1. The molecule has 162 valence electrons. The van der Waals surface area contributed by atoms with Crippen LogP contribution >= 0.6 is 50.8 Å². The summed E-state index contributed by atoms with van der Waals surface area (Å²) in [6.45, 7) is 0. The quantitative estimate of drug-likeness (QED) is 0.163. The van der Waals surface area contributed by atoms with Gasteiger partial charge in [0.1, 0.15) is 5.82 Å². The highest BCUT2D eigenvalue weighted by molar-refractivity contribution is 9.10. The predicted molar refractivity (Wildman–Crippen MR) is 134 cm³/mol. The maximum absolute atomic E-state index is 13.7. The van der Waals surface area contributed by atoms with Crippen molar-refractivity contribution in [1.29, 1.82) is 0 Å². The van der Waals surface area contributed by atoms with Gasteiger partial charge in [-0.1, -0.05) is 93.3 Å².